The molecule has 0 saturated carbocycles. The van der Waals surface area contributed by atoms with E-state index < -0.39 is 0 Å². The lowest BCUT2D eigenvalue weighted by Crippen LogP contribution is -2.22. The van der Waals surface area contributed by atoms with Crippen molar-refractivity contribution in [2.75, 3.05) is 13.7 Å². The molecule has 0 radical (unpaired) electrons. The fourth-order valence-electron chi connectivity index (χ4n) is 1.58. The Morgan fingerprint density at radius 2 is 2.00 bits per heavy atom. The highest BCUT2D eigenvalue weighted by molar-refractivity contribution is 7.11. The van der Waals surface area contributed by atoms with E-state index in [4.69, 9.17) is 9.72 Å². The third-order valence-corrected chi connectivity index (χ3v) is 3.64. The molecule has 1 aromatic rings. The summed E-state index contributed by atoms with van der Waals surface area (Å²) in [4.78, 5) is 6.10. The molecule has 0 unspecified atom stereocenters. The minimum Gasteiger partial charge on any atom is -0.384 e. The lowest BCUT2D eigenvalue weighted by molar-refractivity contribution is 0.202. The molecule has 0 spiro atoms. The van der Waals surface area contributed by atoms with E-state index in [2.05, 4.69) is 33.0 Å². The van der Waals surface area contributed by atoms with Crippen LogP contribution in [-0.2, 0) is 17.7 Å². The molecule has 1 rings (SSSR count). The summed E-state index contributed by atoms with van der Waals surface area (Å²) >= 11 is 1.82. The van der Waals surface area contributed by atoms with Crippen molar-refractivity contribution in [3.8, 4) is 0 Å². The Morgan fingerprint density at radius 1 is 1.29 bits per heavy atom. The van der Waals surface area contributed by atoms with Gasteiger partial charge < -0.3 is 10.1 Å². The van der Waals surface area contributed by atoms with Gasteiger partial charge in [-0.3, -0.25) is 0 Å². The standard InChI is InChI=1S/C13H24N2OS/c1-9(2)13-11(8-14-10(3)4)17-12(15-13)6-7-16-5/h9-10,14H,6-8H2,1-5H3. The molecule has 0 aliphatic heterocycles. The van der Waals surface area contributed by atoms with Crippen molar-refractivity contribution in [3.63, 3.8) is 0 Å². The molecule has 0 aliphatic rings. The van der Waals surface area contributed by atoms with E-state index in [1.54, 1.807) is 7.11 Å². The van der Waals surface area contributed by atoms with Crippen LogP contribution in [0.3, 0.4) is 0 Å². The molecule has 1 heterocycles. The summed E-state index contributed by atoms with van der Waals surface area (Å²) in [5.74, 6) is 0.492. The quantitative estimate of drug-likeness (QED) is 0.814. The van der Waals surface area contributed by atoms with Crippen molar-refractivity contribution in [2.24, 2.45) is 0 Å². The molecule has 0 fully saturated rings. The Hall–Kier alpha value is -0.450. The van der Waals surface area contributed by atoms with Gasteiger partial charge in [0.25, 0.3) is 0 Å². The van der Waals surface area contributed by atoms with Crippen molar-refractivity contribution in [3.05, 3.63) is 15.6 Å². The number of ether oxygens (including phenoxy) is 1. The Kier molecular flexibility index (Phi) is 6.09. The summed E-state index contributed by atoms with van der Waals surface area (Å²) in [5, 5.41) is 4.66. The molecule has 1 N–H and O–H groups in total. The van der Waals surface area contributed by atoms with Gasteiger partial charge in [-0.1, -0.05) is 27.7 Å². The summed E-state index contributed by atoms with van der Waals surface area (Å²) < 4.78 is 5.10. The maximum atomic E-state index is 5.10. The monoisotopic (exact) mass is 256 g/mol. The second-order valence-corrected chi connectivity index (χ2v) is 6.02. The van der Waals surface area contributed by atoms with Crippen LogP contribution in [-0.4, -0.2) is 24.7 Å². The van der Waals surface area contributed by atoms with Crippen LogP contribution in [0, 0.1) is 0 Å². The largest absolute Gasteiger partial charge is 0.384 e. The van der Waals surface area contributed by atoms with Gasteiger partial charge in [0.2, 0.25) is 0 Å². The molecule has 0 saturated heterocycles. The fourth-order valence-corrected chi connectivity index (χ4v) is 2.74. The predicted molar refractivity (Wildman–Crippen MR) is 73.8 cm³/mol. The molecular weight excluding hydrogens is 232 g/mol. The summed E-state index contributed by atoms with van der Waals surface area (Å²) in [7, 11) is 1.73. The van der Waals surface area contributed by atoms with Crippen molar-refractivity contribution >= 4 is 11.3 Å². The predicted octanol–water partition coefficient (Wildman–Crippen LogP) is 2.95. The van der Waals surface area contributed by atoms with E-state index in [1.807, 2.05) is 11.3 Å². The molecule has 0 aromatic carbocycles. The zero-order valence-electron chi connectivity index (χ0n) is 11.5. The lowest BCUT2D eigenvalue weighted by atomic mass is 10.1. The average Bonchev–Trinajstić information content (AvgIpc) is 2.67. The van der Waals surface area contributed by atoms with E-state index in [0.717, 1.165) is 19.6 Å². The molecule has 0 aliphatic carbocycles. The van der Waals surface area contributed by atoms with E-state index in [0.29, 0.717) is 12.0 Å². The molecule has 0 atom stereocenters. The Balaban J connectivity index is 2.74. The number of nitrogens with one attached hydrogen (secondary N) is 1. The molecule has 4 heteroatoms. The number of hydrogen-bond acceptors (Lipinski definition) is 4. The van der Waals surface area contributed by atoms with Gasteiger partial charge in [-0.05, 0) is 5.92 Å². The highest BCUT2D eigenvalue weighted by Gasteiger charge is 2.14. The molecule has 0 bridgehead atoms. The molecular formula is C13H24N2OS. The van der Waals surface area contributed by atoms with Crippen LogP contribution in [0.4, 0.5) is 0 Å². The first kappa shape index (κ1) is 14.6. The first-order chi connectivity index (χ1) is 8.04. The van der Waals surface area contributed by atoms with Gasteiger partial charge >= 0.3 is 0 Å². The maximum Gasteiger partial charge on any atom is 0.0954 e. The third-order valence-electron chi connectivity index (χ3n) is 2.51. The van der Waals surface area contributed by atoms with Crippen LogP contribution in [0.5, 0.6) is 0 Å². The summed E-state index contributed by atoms with van der Waals surface area (Å²) in [6.07, 6.45) is 0.919. The summed E-state index contributed by atoms with van der Waals surface area (Å²) in [6, 6.07) is 0.513. The number of thiazole rings is 1. The highest BCUT2D eigenvalue weighted by atomic mass is 32.1. The van der Waals surface area contributed by atoms with Crippen molar-refractivity contribution < 1.29 is 4.74 Å². The number of aromatic nitrogens is 1. The Bertz CT molecular complexity index is 334. The van der Waals surface area contributed by atoms with Crippen molar-refractivity contribution in [1.29, 1.82) is 0 Å². The van der Waals surface area contributed by atoms with Crippen molar-refractivity contribution in [2.45, 2.75) is 52.6 Å². The SMILES string of the molecule is COCCc1nc(C(C)C)c(CNC(C)C)s1. The van der Waals surface area contributed by atoms with Crippen LogP contribution < -0.4 is 5.32 Å². The van der Waals surface area contributed by atoms with Gasteiger partial charge in [0.05, 0.1) is 17.3 Å². The Labute approximate surface area is 109 Å². The van der Waals surface area contributed by atoms with E-state index >= 15 is 0 Å². The third kappa shape index (κ3) is 4.74. The zero-order chi connectivity index (χ0) is 12.8. The average molecular weight is 256 g/mol. The number of methoxy groups -OCH3 is 1. The van der Waals surface area contributed by atoms with Gasteiger partial charge in [0, 0.05) is 31.0 Å². The lowest BCUT2D eigenvalue weighted by Gasteiger charge is -2.09. The molecule has 98 valence electrons. The maximum absolute atomic E-state index is 5.10. The fraction of sp³-hybridized carbons (Fsp3) is 0.769. The molecule has 1 aromatic heterocycles. The minimum absolute atomic E-state index is 0.492. The molecule has 0 amide bonds. The number of rotatable bonds is 7. The van der Waals surface area contributed by atoms with Crippen LogP contribution in [0.1, 0.15) is 49.2 Å². The van der Waals surface area contributed by atoms with Gasteiger partial charge in [-0.2, -0.15) is 0 Å². The van der Waals surface area contributed by atoms with Gasteiger partial charge in [-0.15, -0.1) is 11.3 Å². The smallest absolute Gasteiger partial charge is 0.0954 e. The second-order valence-electron chi connectivity index (χ2n) is 4.85. The van der Waals surface area contributed by atoms with Crippen LogP contribution >= 0.6 is 11.3 Å². The number of nitrogens with zero attached hydrogens (tertiary/aromatic N) is 1. The van der Waals surface area contributed by atoms with Crippen LogP contribution in [0.15, 0.2) is 0 Å². The molecule has 17 heavy (non-hydrogen) atoms. The topological polar surface area (TPSA) is 34.1 Å². The summed E-state index contributed by atoms with van der Waals surface area (Å²) in [6.45, 7) is 10.4. The van der Waals surface area contributed by atoms with Crippen LogP contribution in [0.2, 0.25) is 0 Å². The first-order valence-electron chi connectivity index (χ1n) is 6.25. The van der Waals surface area contributed by atoms with Gasteiger partial charge in [0.1, 0.15) is 0 Å². The minimum atomic E-state index is 0.492. The van der Waals surface area contributed by atoms with Crippen LogP contribution in [0.25, 0.3) is 0 Å². The summed E-state index contributed by atoms with van der Waals surface area (Å²) in [5.41, 5.74) is 1.24. The van der Waals surface area contributed by atoms with E-state index in [-0.39, 0.29) is 0 Å². The van der Waals surface area contributed by atoms with Gasteiger partial charge in [-0.25, -0.2) is 4.98 Å². The molecule has 3 nitrogen and oxygen atoms in total. The number of hydrogen-bond donors (Lipinski definition) is 1. The first-order valence-corrected chi connectivity index (χ1v) is 7.07. The normalized spacial score (nSPS) is 11.7. The second kappa shape index (κ2) is 7.09. The van der Waals surface area contributed by atoms with E-state index in [1.165, 1.54) is 15.6 Å². The van der Waals surface area contributed by atoms with Gasteiger partial charge in [0.15, 0.2) is 0 Å². The highest BCUT2D eigenvalue weighted by Crippen LogP contribution is 2.25. The van der Waals surface area contributed by atoms with Crippen molar-refractivity contribution in [1.82, 2.24) is 10.3 Å². The van der Waals surface area contributed by atoms with E-state index in [9.17, 15) is 0 Å². The Morgan fingerprint density at radius 3 is 2.53 bits per heavy atom. The zero-order valence-corrected chi connectivity index (χ0v) is 12.4.